The Morgan fingerprint density at radius 1 is 1.00 bits per heavy atom. The van der Waals surface area contributed by atoms with Gasteiger partial charge in [-0.1, -0.05) is 0 Å². The topological polar surface area (TPSA) is 80.3 Å². The van der Waals surface area contributed by atoms with Crippen LogP contribution in [0.2, 0.25) is 0 Å². The third-order valence-corrected chi connectivity index (χ3v) is 0. The minimum absolute atomic E-state index is 0. The largest absolute Gasteiger partial charge is 1.00 e. The van der Waals surface area contributed by atoms with E-state index < -0.39 is 12.3 Å². The van der Waals surface area contributed by atoms with Crippen LogP contribution in [0.3, 0.4) is 0 Å². The zero-order chi connectivity index (χ0) is 8.12. The summed E-state index contributed by atoms with van der Waals surface area (Å²) in [4.78, 5) is 17.6. The molecule has 0 amide bonds. The van der Waals surface area contributed by atoms with E-state index in [4.69, 9.17) is 18.7 Å². The smallest absolute Gasteiger partial charge is 0.811 e. The van der Waals surface area contributed by atoms with Gasteiger partial charge < -0.3 is 31.0 Å². The summed E-state index contributed by atoms with van der Waals surface area (Å²) in [7, 11) is 0. The summed E-state index contributed by atoms with van der Waals surface area (Å²) in [5.41, 5.74) is 0. The molecule has 0 aliphatic rings. The van der Waals surface area contributed by atoms with Crippen molar-refractivity contribution in [3.8, 4) is 0 Å². The number of aldehydes is 2. The number of rotatable bonds is 0. The van der Waals surface area contributed by atoms with Gasteiger partial charge in [-0.3, -0.25) is 0 Å². The predicted octanol–water partition coefficient (Wildman–Crippen LogP) is -5.60. The van der Waals surface area contributed by atoms with Crippen LogP contribution < -0.4 is 59.1 Å². The van der Waals surface area contributed by atoms with Crippen molar-refractivity contribution in [1.29, 1.82) is 0 Å². The van der Waals surface area contributed by atoms with Crippen molar-refractivity contribution in [1.82, 2.24) is 0 Å². The maximum absolute atomic E-state index is 8.81. The van der Waals surface area contributed by atoms with Crippen molar-refractivity contribution in [3.05, 3.63) is 0 Å². The van der Waals surface area contributed by atoms with Crippen LogP contribution >= 0.6 is 12.3 Å². The van der Waals surface area contributed by atoms with E-state index in [2.05, 4.69) is 0 Å². The van der Waals surface area contributed by atoms with Crippen molar-refractivity contribution in [2.75, 3.05) is 0 Å². The Balaban J connectivity index is -0.0000000150. The minimum Gasteiger partial charge on any atom is -0.811 e. The first-order valence-corrected chi connectivity index (χ1v) is 2.63. The Bertz CT molecular complexity index is 49.4. The Labute approximate surface area is 115 Å². The Morgan fingerprint density at radius 3 is 1.00 bits per heavy atom. The summed E-state index contributed by atoms with van der Waals surface area (Å²) >= 11 is -0.750. The first-order chi connectivity index (χ1) is 4.24. The van der Waals surface area contributed by atoms with Gasteiger partial charge in [-0.2, -0.15) is 0 Å². The SMILES string of the molecule is CC=O.CC=O.[Na+].[Na+].[O-]S[O-]. The minimum atomic E-state index is -0.750. The van der Waals surface area contributed by atoms with Gasteiger partial charge in [-0.05, 0) is 13.8 Å². The molecule has 0 atom stereocenters. The molecule has 56 valence electrons. The molecule has 0 bridgehead atoms. The van der Waals surface area contributed by atoms with E-state index >= 15 is 0 Å². The van der Waals surface area contributed by atoms with E-state index in [9.17, 15) is 0 Å². The molecule has 0 unspecified atom stereocenters. The number of carbonyl (C=O) groups excluding carboxylic acids is 2. The Kier molecular flexibility index (Phi) is 164. The third kappa shape index (κ3) is 414. The molecule has 0 aromatic carbocycles. The van der Waals surface area contributed by atoms with Crippen molar-refractivity contribution in [2.45, 2.75) is 13.8 Å². The van der Waals surface area contributed by atoms with Crippen LogP contribution in [-0.4, -0.2) is 21.7 Å². The molecule has 0 spiro atoms. The number of hydrogen-bond acceptors (Lipinski definition) is 5. The molecule has 11 heavy (non-hydrogen) atoms. The molecule has 7 heteroatoms. The van der Waals surface area contributed by atoms with E-state index in [1.54, 1.807) is 0 Å². The Morgan fingerprint density at radius 2 is 1.00 bits per heavy atom. The van der Waals surface area contributed by atoms with E-state index in [1.807, 2.05) is 0 Å². The van der Waals surface area contributed by atoms with E-state index in [1.165, 1.54) is 13.8 Å². The van der Waals surface area contributed by atoms with Crippen molar-refractivity contribution in [3.63, 3.8) is 0 Å². The summed E-state index contributed by atoms with van der Waals surface area (Å²) in [6.07, 6.45) is 1.50. The second kappa shape index (κ2) is 61.5. The van der Waals surface area contributed by atoms with Crippen molar-refractivity contribution in [2.24, 2.45) is 0 Å². The summed E-state index contributed by atoms with van der Waals surface area (Å²) in [6, 6.07) is 0. The van der Waals surface area contributed by atoms with Gasteiger partial charge in [-0.15, -0.1) is 0 Å². The normalized spacial score (nSPS) is 4.00. The van der Waals surface area contributed by atoms with Gasteiger partial charge in [0.2, 0.25) is 0 Å². The summed E-state index contributed by atoms with van der Waals surface area (Å²) in [6.45, 7) is 2.89. The molecule has 0 fully saturated rings. The van der Waals surface area contributed by atoms with Crippen LogP contribution in [0.5, 0.6) is 0 Å². The standard InChI is InChI=1S/2C2H4O.2Na.H2O2S/c2*1-2-3;;;1-3-2/h2*2H,1H3;;;1-2H/q;;2*+1;/p-2. The van der Waals surface area contributed by atoms with Crippen LogP contribution in [0.1, 0.15) is 13.8 Å². The van der Waals surface area contributed by atoms with Gasteiger partial charge in [0.25, 0.3) is 0 Å². The molecule has 0 aliphatic heterocycles. The first kappa shape index (κ1) is 29.4. The number of carbonyl (C=O) groups is 2. The molecule has 0 rings (SSSR count). The molecular weight excluding hydrogens is 190 g/mol. The molecule has 0 saturated heterocycles. The summed E-state index contributed by atoms with van der Waals surface area (Å²) in [5, 5.41) is 0. The van der Waals surface area contributed by atoms with E-state index in [0.717, 1.165) is 12.6 Å². The van der Waals surface area contributed by atoms with Gasteiger partial charge in [-0.25, -0.2) is 0 Å². The van der Waals surface area contributed by atoms with Gasteiger partial charge in [0.1, 0.15) is 12.6 Å². The average molecular weight is 198 g/mol. The van der Waals surface area contributed by atoms with Gasteiger partial charge in [0, 0.05) is 0 Å². The monoisotopic (exact) mass is 198 g/mol. The van der Waals surface area contributed by atoms with Crippen LogP contribution in [-0.2, 0) is 9.59 Å². The predicted molar refractivity (Wildman–Crippen MR) is 32.6 cm³/mol. The molecule has 4 nitrogen and oxygen atoms in total. The molecule has 0 N–H and O–H groups in total. The van der Waals surface area contributed by atoms with E-state index in [0.29, 0.717) is 0 Å². The zero-order valence-electron chi connectivity index (χ0n) is 7.20. The van der Waals surface area contributed by atoms with Crippen molar-refractivity contribution < 1.29 is 77.8 Å². The van der Waals surface area contributed by atoms with Gasteiger partial charge in [0.15, 0.2) is 0 Å². The van der Waals surface area contributed by atoms with E-state index in [-0.39, 0.29) is 59.1 Å². The van der Waals surface area contributed by atoms with Gasteiger partial charge >= 0.3 is 59.1 Å². The molecule has 0 aromatic heterocycles. The first-order valence-electron chi connectivity index (χ1n) is 1.96. The van der Waals surface area contributed by atoms with Crippen LogP contribution in [0, 0.1) is 0 Å². The fourth-order valence-corrected chi connectivity index (χ4v) is 0. The fourth-order valence-electron chi connectivity index (χ4n) is 0. The quantitative estimate of drug-likeness (QED) is 0.220. The summed E-state index contributed by atoms with van der Waals surface area (Å²) in [5.74, 6) is 0. The maximum atomic E-state index is 8.81. The van der Waals surface area contributed by atoms with Crippen molar-refractivity contribution >= 4 is 24.9 Å². The summed E-state index contributed by atoms with van der Waals surface area (Å²) < 4.78 is 16.6. The third-order valence-electron chi connectivity index (χ3n) is 0. The molecule has 0 aliphatic carbocycles. The molecule has 0 radical (unpaired) electrons. The van der Waals surface area contributed by atoms with Crippen LogP contribution in [0.25, 0.3) is 0 Å². The second-order valence-corrected chi connectivity index (χ2v) is 0.676. The zero-order valence-corrected chi connectivity index (χ0v) is 12.0. The fraction of sp³-hybridized carbons (Fsp3) is 0.500. The second-order valence-electron chi connectivity index (χ2n) is 0.539. The van der Waals surface area contributed by atoms with Crippen LogP contribution in [0.15, 0.2) is 0 Å². The molecule has 0 heterocycles. The molecule has 0 aromatic rings. The number of hydrogen-bond donors (Lipinski definition) is 0. The van der Waals surface area contributed by atoms with Gasteiger partial charge in [0.05, 0.1) is 0 Å². The maximum Gasteiger partial charge on any atom is 1.00 e. The average Bonchev–Trinajstić information content (AvgIpc) is 1.70. The Hall–Kier alpha value is 1.61. The van der Waals surface area contributed by atoms with Crippen LogP contribution in [0.4, 0.5) is 0 Å². The molecule has 0 saturated carbocycles. The molecular formula is C4H8Na2O4S.